The maximum Gasteiger partial charge on any atom is 0.208 e. The second-order valence-electron chi connectivity index (χ2n) is 4.38. The molecule has 4 heteroatoms. The van der Waals surface area contributed by atoms with Crippen LogP contribution in [0, 0.1) is 11.8 Å². The molecule has 0 rings (SSSR count). The lowest BCUT2D eigenvalue weighted by atomic mass is 9.93. The van der Waals surface area contributed by atoms with Gasteiger partial charge in [-0.15, -0.1) is 0 Å². The molecule has 1 N–H and O–H groups in total. The molecular formula is C10H23NO2S. The molecular weight excluding hydrogens is 198 g/mol. The predicted molar refractivity (Wildman–Crippen MR) is 60.7 cm³/mol. The van der Waals surface area contributed by atoms with Crippen molar-refractivity contribution in [1.29, 1.82) is 0 Å². The van der Waals surface area contributed by atoms with Gasteiger partial charge in [-0.25, -0.2) is 13.1 Å². The summed E-state index contributed by atoms with van der Waals surface area (Å²) in [6, 6.07) is 0. The van der Waals surface area contributed by atoms with Gasteiger partial charge < -0.3 is 0 Å². The summed E-state index contributed by atoms with van der Waals surface area (Å²) in [6.07, 6.45) is 4.42. The smallest absolute Gasteiger partial charge is 0.208 e. The largest absolute Gasteiger partial charge is 0.215 e. The number of hydrogen-bond acceptors (Lipinski definition) is 2. The predicted octanol–water partition coefficient (Wildman–Crippen LogP) is 2.00. The summed E-state index contributed by atoms with van der Waals surface area (Å²) in [4.78, 5) is 0. The number of nitrogens with one attached hydrogen (secondary N) is 1. The number of rotatable bonds is 7. The Bertz CT molecular complexity index is 235. The summed E-state index contributed by atoms with van der Waals surface area (Å²) in [7, 11) is -2.99. The zero-order valence-electron chi connectivity index (χ0n) is 9.71. The van der Waals surface area contributed by atoms with Crippen molar-refractivity contribution >= 4 is 10.0 Å². The Labute approximate surface area is 88.3 Å². The molecule has 86 valence electrons. The molecule has 0 aliphatic heterocycles. The van der Waals surface area contributed by atoms with Crippen molar-refractivity contribution in [3.05, 3.63) is 0 Å². The van der Waals surface area contributed by atoms with Crippen molar-refractivity contribution in [2.75, 3.05) is 12.8 Å². The minimum Gasteiger partial charge on any atom is -0.215 e. The lowest BCUT2D eigenvalue weighted by Crippen LogP contribution is -2.23. The normalized spacial score (nSPS) is 14.6. The zero-order valence-corrected chi connectivity index (χ0v) is 10.5. The van der Waals surface area contributed by atoms with E-state index in [1.54, 1.807) is 0 Å². The van der Waals surface area contributed by atoms with Crippen LogP contribution in [0.2, 0.25) is 0 Å². The van der Waals surface area contributed by atoms with E-state index in [9.17, 15) is 8.42 Å². The molecule has 0 aromatic rings. The lowest BCUT2D eigenvalue weighted by Gasteiger charge is -2.14. The van der Waals surface area contributed by atoms with Gasteiger partial charge in [0.25, 0.3) is 0 Å². The van der Waals surface area contributed by atoms with E-state index in [0.717, 1.165) is 24.7 Å². The molecule has 0 saturated heterocycles. The van der Waals surface area contributed by atoms with E-state index in [2.05, 4.69) is 25.5 Å². The number of sulfonamides is 1. The first-order chi connectivity index (χ1) is 6.33. The van der Waals surface area contributed by atoms with Gasteiger partial charge in [0, 0.05) is 6.54 Å². The summed E-state index contributed by atoms with van der Waals surface area (Å²) < 4.78 is 23.9. The molecule has 0 aromatic carbocycles. The molecule has 3 nitrogen and oxygen atoms in total. The molecule has 0 bridgehead atoms. The average Bonchev–Trinajstić information content (AvgIpc) is 2.01. The lowest BCUT2D eigenvalue weighted by molar-refractivity contribution is 0.378. The van der Waals surface area contributed by atoms with Crippen molar-refractivity contribution in [3.8, 4) is 0 Å². The number of unbranched alkanes of at least 4 members (excludes halogenated alkanes) is 1. The van der Waals surface area contributed by atoms with Crippen molar-refractivity contribution < 1.29 is 8.42 Å². The molecule has 0 aromatic heterocycles. The summed E-state index contributed by atoms with van der Waals surface area (Å²) in [5, 5.41) is 0. The highest BCUT2D eigenvalue weighted by Crippen LogP contribution is 2.16. The molecule has 14 heavy (non-hydrogen) atoms. The second-order valence-corrected chi connectivity index (χ2v) is 6.22. The van der Waals surface area contributed by atoms with Crippen LogP contribution in [0.1, 0.15) is 40.0 Å². The van der Waals surface area contributed by atoms with E-state index in [1.807, 2.05) is 0 Å². The van der Waals surface area contributed by atoms with Crippen LogP contribution in [0.4, 0.5) is 0 Å². The van der Waals surface area contributed by atoms with Crippen LogP contribution in [-0.2, 0) is 10.0 Å². The van der Waals surface area contributed by atoms with E-state index < -0.39 is 10.0 Å². The van der Waals surface area contributed by atoms with Crippen LogP contribution < -0.4 is 4.72 Å². The van der Waals surface area contributed by atoms with Crippen molar-refractivity contribution in [2.45, 2.75) is 40.0 Å². The Hall–Kier alpha value is -0.0900. The summed E-state index contributed by atoms with van der Waals surface area (Å²) in [6.45, 7) is 7.26. The fourth-order valence-corrected chi connectivity index (χ4v) is 1.70. The van der Waals surface area contributed by atoms with Crippen molar-refractivity contribution in [2.24, 2.45) is 11.8 Å². The maximum atomic E-state index is 10.7. The second kappa shape index (κ2) is 6.40. The Balaban J connectivity index is 3.39. The van der Waals surface area contributed by atoms with E-state index in [-0.39, 0.29) is 0 Å². The monoisotopic (exact) mass is 221 g/mol. The van der Waals surface area contributed by atoms with Crippen molar-refractivity contribution in [1.82, 2.24) is 4.72 Å². The molecule has 0 heterocycles. The van der Waals surface area contributed by atoms with E-state index in [1.165, 1.54) is 12.7 Å². The van der Waals surface area contributed by atoms with Gasteiger partial charge in [0.05, 0.1) is 6.26 Å². The van der Waals surface area contributed by atoms with Gasteiger partial charge in [-0.1, -0.05) is 33.6 Å². The third-order valence-corrected chi connectivity index (χ3v) is 3.32. The minimum absolute atomic E-state index is 0.573. The highest BCUT2D eigenvalue weighted by molar-refractivity contribution is 7.88. The maximum absolute atomic E-state index is 10.7. The fourth-order valence-electron chi connectivity index (χ4n) is 1.18. The molecule has 0 aliphatic rings. The van der Waals surface area contributed by atoms with Crippen molar-refractivity contribution in [3.63, 3.8) is 0 Å². The van der Waals surface area contributed by atoms with Gasteiger partial charge in [-0.2, -0.15) is 0 Å². The van der Waals surface area contributed by atoms with Crippen LogP contribution in [0.15, 0.2) is 0 Å². The van der Waals surface area contributed by atoms with Gasteiger partial charge in [-0.3, -0.25) is 0 Å². The molecule has 0 spiro atoms. The van der Waals surface area contributed by atoms with Crippen LogP contribution in [0.25, 0.3) is 0 Å². The quantitative estimate of drug-likeness (QED) is 0.668. The molecule has 0 radical (unpaired) electrons. The van der Waals surface area contributed by atoms with Crippen LogP contribution >= 0.6 is 0 Å². The van der Waals surface area contributed by atoms with Gasteiger partial charge in [-0.05, 0) is 18.3 Å². The zero-order chi connectivity index (χ0) is 11.2. The highest BCUT2D eigenvalue weighted by atomic mass is 32.2. The standard InChI is InChI=1S/C10H23NO2S/c1-9(2)10(3)7-5-6-8-11-14(4,12)13/h9-11H,5-8H2,1-4H3. The van der Waals surface area contributed by atoms with Crippen LogP contribution in [0.5, 0.6) is 0 Å². The Kier molecular flexibility index (Phi) is 6.36. The Morgan fingerprint density at radius 1 is 1.14 bits per heavy atom. The number of hydrogen-bond donors (Lipinski definition) is 1. The van der Waals surface area contributed by atoms with Gasteiger partial charge in [0.1, 0.15) is 0 Å². The molecule has 1 atom stereocenters. The first-order valence-electron chi connectivity index (χ1n) is 5.27. The van der Waals surface area contributed by atoms with E-state index >= 15 is 0 Å². The average molecular weight is 221 g/mol. The van der Waals surface area contributed by atoms with Crippen LogP contribution in [0.3, 0.4) is 0 Å². The highest BCUT2D eigenvalue weighted by Gasteiger charge is 2.06. The summed E-state index contributed by atoms with van der Waals surface area (Å²) in [5.41, 5.74) is 0. The van der Waals surface area contributed by atoms with Gasteiger partial charge in [0.2, 0.25) is 10.0 Å². The van der Waals surface area contributed by atoms with Gasteiger partial charge in [0.15, 0.2) is 0 Å². The summed E-state index contributed by atoms with van der Waals surface area (Å²) in [5.74, 6) is 1.45. The fraction of sp³-hybridized carbons (Fsp3) is 1.00. The van der Waals surface area contributed by atoms with Crippen LogP contribution in [-0.4, -0.2) is 21.2 Å². The minimum atomic E-state index is -2.99. The van der Waals surface area contributed by atoms with Gasteiger partial charge >= 0.3 is 0 Å². The first-order valence-corrected chi connectivity index (χ1v) is 7.16. The van der Waals surface area contributed by atoms with E-state index in [0.29, 0.717) is 6.54 Å². The summed E-state index contributed by atoms with van der Waals surface area (Å²) >= 11 is 0. The third kappa shape index (κ3) is 8.51. The molecule has 0 amide bonds. The topological polar surface area (TPSA) is 46.2 Å². The van der Waals surface area contributed by atoms with E-state index in [4.69, 9.17) is 0 Å². The SMILES string of the molecule is CC(C)C(C)CCCCNS(C)(=O)=O. The molecule has 0 aliphatic carbocycles. The Morgan fingerprint density at radius 3 is 2.14 bits per heavy atom. The molecule has 0 fully saturated rings. The first kappa shape index (κ1) is 13.9. The molecule has 1 unspecified atom stereocenters. The molecule has 0 saturated carbocycles. The third-order valence-electron chi connectivity index (χ3n) is 2.59. The Morgan fingerprint density at radius 2 is 1.71 bits per heavy atom.